The normalized spacial score (nSPS) is 14.8. The largest absolute Gasteiger partial charge is 0.352 e. The van der Waals surface area contributed by atoms with Gasteiger partial charge in [-0.3, -0.25) is 9.78 Å². The summed E-state index contributed by atoms with van der Waals surface area (Å²) in [6.07, 6.45) is 3.92. The van der Waals surface area contributed by atoms with Crippen LogP contribution >= 0.6 is 0 Å². The van der Waals surface area contributed by atoms with Gasteiger partial charge in [0.1, 0.15) is 0 Å². The number of hydrogen-bond donors (Lipinski definition) is 1. The van der Waals surface area contributed by atoms with Gasteiger partial charge >= 0.3 is 0 Å². The maximum absolute atomic E-state index is 11.5. The fraction of sp³-hybridized carbons (Fsp3) is 0.286. The monoisotopic (exact) mass is 226 g/mol. The first-order valence-electron chi connectivity index (χ1n) is 5.94. The van der Waals surface area contributed by atoms with Gasteiger partial charge in [0.2, 0.25) is 5.91 Å². The Kier molecular flexibility index (Phi) is 2.52. The van der Waals surface area contributed by atoms with E-state index < -0.39 is 0 Å². The fourth-order valence-electron chi connectivity index (χ4n) is 1.89. The maximum atomic E-state index is 11.5. The summed E-state index contributed by atoms with van der Waals surface area (Å²) in [5.74, 6) is 0.446. The number of fused-ring (bicyclic) bond motifs is 1. The van der Waals surface area contributed by atoms with Gasteiger partial charge in [-0.2, -0.15) is 0 Å². The number of nitrogens with zero attached hydrogens (tertiary/aromatic N) is 1. The van der Waals surface area contributed by atoms with Crippen LogP contribution in [0.1, 0.15) is 18.4 Å². The first-order valence-corrected chi connectivity index (χ1v) is 5.94. The van der Waals surface area contributed by atoms with Crippen LogP contribution in [0.3, 0.4) is 0 Å². The molecule has 1 aromatic carbocycles. The third kappa shape index (κ3) is 2.28. The van der Waals surface area contributed by atoms with Crippen molar-refractivity contribution in [3.05, 3.63) is 42.1 Å². The second kappa shape index (κ2) is 4.17. The Balaban J connectivity index is 1.74. The molecule has 0 atom stereocenters. The van der Waals surface area contributed by atoms with E-state index in [1.807, 2.05) is 30.5 Å². The summed E-state index contributed by atoms with van der Waals surface area (Å²) in [4.78, 5) is 15.9. The number of amides is 1. The molecule has 0 aliphatic heterocycles. The molecule has 2 aromatic rings. The van der Waals surface area contributed by atoms with Gasteiger partial charge in [-0.15, -0.1) is 0 Å². The standard InChI is InChI=1S/C14H14N2O/c17-14(11-5-6-11)16-9-10-7-12-3-1-2-4-13(12)15-8-10/h1-4,7-8,11H,5-6,9H2,(H,16,17). The summed E-state index contributed by atoms with van der Waals surface area (Å²) in [7, 11) is 0. The predicted molar refractivity (Wildman–Crippen MR) is 66.3 cm³/mol. The third-order valence-corrected chi connectivity index (χ3v) is 3.06. The minimum Gasteiger partial charge on any atom is -0.352 e. The summed E-state index contributed by atoms with van der Waals surface area (Å²) >= 11 is 0. The highest BCUT2D eigenvalue weighted by Crippen LogP contribution is 2.28. The van der Waals surface area contributed by atoms with Crippen LogP contribution in [0.4, 0.5) is 0 Å². The third-order valence-electron chi connectivity index (χ3n) is 3.06. The second-order valence-electron chi connectivity index (χ2n) is 4.53. The first-order chi connectivity index (χ1) is 8.33. The number of carbonyl (C=O) groups excluding carboxylic acids is 1. The number of para-hydroxylation sites is 1. The van der Waals surface area contributed by atoms with Gasteiger partial charge < -0.3 is 5.32 Å². The predicted octanol–water partition coefficient (Wildman–Crippen LogP) is 2.26. The molecule has 0 unspecified atom stereocenters. The molecule has 17 heavy (non-hydrogen) atoms. The lowest BCUT2D eigenvalue weighted by atomic mass is 10.1. The van der Waals surface area contributed by atoms with Crippen LogP contribution in [0.15, 0.2) is 36.5 Å². The van der Waals surface area contributed by atoms with Crippen molar-refractivity contribution >= 4 is 16.8 Å². The average molecular weight is 226 g/mol. The van der Waals surface area contributed by atoms with Gasteiger partial charge in [0.25, 0.3) is 0 Å². The summed E-state index contributed by atoms with van der Waals surface area (Å²) in [6.45, 7) is 0.577. The molecule has 3 heteroatoms. The number of nitrogens with one attached hydrogen (secondary N) is 1. The van der Waals surface area contributed by atoms with E-state index in [-0.39, 0.29) is 11.8 Å². The molecule has 0 saturated heterocycles. The molecule has 1 fully saturated rings. The maximum Gasteiger partial charge on any atom is 0.223 e. The number of aromatic nitrogens is 1. The lowest BCUT2D eigenvalue weighted by molar-refractivity contribution is -0.122. The second-order valence-corrected chi connectivity index (χ2v) is 4.53. The Labute approximate surface area is 99.9 Å². The smallest absolute Gasteiger partial charge is 0.223 e. The Morgan fingerprint density at radius 3 is 3.00 bits per heavy atom. The van der Waals surface area contributed by atoms with Crippen molar-refractivity contribution in [2.45, 2.75) is 19.4 Å². The van der Waals surface area contributed by atoms with Crippen molar-refractivity contribution in [3.63, 3.8) is 0 Å². The highest BCUT2D eigenvalue weighted by molar-refractivity contribution is 5.81. The molecule has 0 bridgehead atoms. The van der Waals surface area contributed by atoms with Gasteiger partial charge in [-0.05, 0) is 30.5 Å². The number of rotatable bonds is 3. The Morgan fingerprint density at radius 1 is 1.35 bits per heavy atom. The van der Waals surface area contributed by atoms with E-state index in [4.69, 9.17) is 0 Å². The van der Waals surface area contributed by atoms with Crippen molar-refractivity contribution in [1.29, 1.82) is 0 Å². The van der Waals surface area contributed by atoms with E-state index in [0.717, 1.165) is 29.3 Å². The zero-order chi connectivity index (χ0) is 11.7. The molecule has 0 radical (unpaired) electrons. The molecule has 86 valence electrons. The molecule has 1 heterocycles. The van der Waals surface area contributed by atoms with Crippen LogP contribution in [0.25, 0.3) is 10.9 Å². The quantitative estimate of drug-likeness (QED) is 0.872. The molecule has 0 spiro atoms. The zero-order valence-electron chi connectivity index (χ0n) is 9.52. The SMILES string of the molecule is O=C(NCc1cnc2ccccc2c1)C1CC1. The Morgan fingerprint density at radius 2 is 2.18 bits per heavy atom. The molecule has 1 aliphatic carbocycles. The van der Waals surface area contributed by atoms with E-state index in [1.54, 1.807) is 0 Å². The molecule has 3 rings (SSSR count). The number of pyridine rings is 1. The molecule has 1 saturated carbocycles. The number of carbonyl (C=O) groups is 1. The van der Waals surface area contributed by atoms with Crippen molar-refractivity contribution in [2.24, 2.45) is 5.92 Å². The van der Waals surface area contributed by atoms with Gasteiger partial charge in [0.15, 0.2) is 0 Å². The van der Waals surface area contributed by atoms with E-state index >= 15 is 0 Å². The number of benzene rings is 1. The van der Waals surface area contributed by atoms with Crippen LogP contribution in [-0.4, -0.2) is 10.9 Å². The van der Waals surface area contributed by atoms with E-state index in [9.17, 15) is 4.79 Å². The Hall–Kier alpha value is -1.90. The van der Waals surface area contributed by atoms with E-state index in [1.165, 1.54) is 0 Å². The molecule has 1 aliphatic rings. The lowest BCUT2D eigenvalue weighted by Gasteiger charge is -2.05. The highest BCUT2D eigenvalue weighted by Gasteiger charge is 2.29. The minimum absolute atomic E-state index is 0.179. The molecule has 1 N–H and O–H groups in total. The molecule has 1 aromatic heterocycles. The van der Waals surface area contributed by atoms with Gasteiger partial charge in [-0.25, -0.2) is 0 Å². The topological polar surface area (TPSA) is 42.0 Å². The van der Waals surface area contributed by atoms with Crippen LogP contribution in [-0.2, 0) is 11.3 Å². The van der Waals surface area contributed by atoms with Gasteiger partial charge in [0.05, 0.1) is 5.52 Å². The van der Waals surface area contributed by atoms with Gasteiger partial charge in [-0.1, -0.05) is 18.2 Å². The van der Waals surface area contributed by atoms with Crippen LogP contribution in [0.2, 0.25) is 0 Å². The number of hydrogen-bond acceptors (Lipinski definition) is 2. The summed E-state index contributed by atoms with van der Waals surface area (Å²) in [5.41, 5.74) is 2.04. The molecular formula is C14H14N2O. The first kappa shape index (κ1) is 10.3. The fourth-order valence-corrected chi connectivity index (χ4v) is 1.89. The van der Waals surface area contributed by atoms with Crippen molar-refractivity contribution in [3.8, 4) is 0 Å². The lowest BCUT2D eigenvalue weighted by Crippen LogP contribution is -2.24. The summed E-state index contributed by atoms with van der Waals surface area (Å²) in [5, 5.41) is 4.06. The van der Waals surface area contributed by atoms with Crippen LogP contribution in [0, 0.1) is 5.92 Å². The minimum atomic E-state index is 0.179. The van der Waals surface area contributed by atoms with Gasteiger partial charge in [0, 0.05) is 24.0 Å². The highest BCUT2D eigenvalue weighted by atomic mass is 16.2. The molecule has 1 amide bonds. The Bertz CT molecular complexity index is 561. The molecule has 3 nitrogen and oxygen atoms in total. The van der Waals surface area contributed by atoms with E-state index in [2.05, 4.69) is 16.4 Å². The summed E-state index contributed by atoms with van der Waals surface area (Å²) < 4.78 is 0. The van der Waals surface area contributed by atoms with Crippen LogP contribution < -0.4 is 5.32 Å². The van der Waals surface area contributed by atoms with Crippen molar-refractivity contribution < 1.29 is 4.79 Å². The van der Waals surface area contributed by atoms with Crippen molar-refractivity contribution in [2.75, 3.05) is 0 Å². The van der Waals surface area contributed by atoms with Crippen LogP contribution in [0.5, 0.6) is 0 Å². The average Bonchev–Trinajstić information content (AvgIpc) is 3.20. The van der Waals surface area contributed by atoms with E-state index in [0.29, 0.717) is 6.54 Å². The summed E-state index contributed by atoms with van der Waals surface area (Å²) in [6, 6.07) is 10.1. The van der Waals surface area contributed by atoms with Crippen molar-refractivity contribution in [1.82, 2.24) is 10.3 Å². The zero-order valence-corrected chi connectivity index (χ0v) is 9.52. The molecular weight excluding hydrogens is 212 g/mol.